The van der Waals surface area contributed by atoms with Crippen LogP contribution in [0.4, 0.5) is 5.82 Å². The molecule has 5 nitrogen and oxygen atoms in total. The van der Waals surface area contributed by atoms with Crippen molar-refractivity contribution < 1.29 is 0 Å². The molecule has 1 aromatic heterocycles. The number of nitrogens with one attached hydrogen (secondary N) is 1. The Morgan fingerprint density at radius 1 is 1.30 bits per heavy atom. The molecule has 1 saturated heterocycles. The van der Waals surface area contributed by atoms with Crippen molar-refractivity contribution in [1.82, 2.24) is 15.3 Å². The van der Waals surface area contributed by atoms with Crippen LogP contribution in [-0.4, -0.2) is 41.7 Å². The highest BCUT2D eigenvalue weighted by Gasteiger charge is 2.29. The summed E-state index contributed by atoms with van der Waals surface area (Å²) >= 11 is 0. The molecule has 1 aliphatic carbocycles. The maximum atomic E-state index is 5.84. The van der Waals surface area contributed by atoms with Crippen LogP contribution in [0.25, 0.3) is 0 Å². The van der Waals surface area contributed by atoms with Crippen LogP contribution in [0.5, 0.6) is 0 Å². The Hall–Kier alpha value is -0.620. The minimum Gasteiger partial charge on any atom is -0.354 e. The van der Waals surface area contributed by atoms with Gasteiger partial charge in [0.25, 0.3) is 0 Å². The van der Waals surface area contributed by atoms with Gasteiger partial charge >= 0.3 is 0 Å². The molecular formula is C13H23Cl2N5. The molecule has 0 aromatic carbocycles. The van der Waals surface area contributed by atoms with Gasteiger partial charge in [-0.15, -0.1) is 24.8 Å². The molecule has 0 spiro atoms. The Balaban J connectivity index is 0.000001000. The summed E-state index contributed by atoms with van der Waals surface area (Å²) in [7, 11) is 0. The molecule has 2 fully saturated rings. The van der Waals surface area contributed by atoms with E-state index >= 15 is 0 Å². The molecule has 2 heterocycles. The highest BCUT2D eigenvalue weighted by atomic mass is 35.5. The summed E-state index contributed by atoms with van der Waals surface area (Å²) in [6.45, 7) is 5.26. The van der Waals surface area contributed by atoms with Gasteiger partial charge in [0.05, 0.1) is 0 Å². The maximum Gasteiger partial charge on any atom is 0.132 e. The molecule has 7 heteroatoms. The third-order valence-corrected chi connectivity index (χ3v) is 3.96. The third-order valence-electron chi connectivity index (χ3n) is 3.96. The van der Waals surface area contributed by atoms with Gasteiger partial charge in [-0.2, -0.15) is 0 Å². The van der Waals surface area contributed by atoms with Crippen molar-refractivity contribution in [3.8, 4) is 0 Å². The molecule has 3 rings (SSSR count). The van der Waals surface area contributed by atoms with E-state index in [0.29, 0.717) is 18.0 Å². The molecule has 1 aliphatic heterocycles. The number of anilines is 1. The van der Waals surface area contributed by atoms with E-state index in [1.54, 1.807) is 6.33 Å². The smallest absolute Gasteiger partial charge is 0.132 e. The van der Waals surface area contributed by atoms with Gasteiger partial charge in [-0.25, -0.2) is 9.97 Å². The lowest BCUT2D eigenvalue weighted by Gasteiger charge is -2.34. The van der Waals surface area contributed by atoms with Crippen molar-refractivity contribution >= 4 is 30.6 Å². The van der Waals surface area contributed by atoms with Crippen LogP contribution < -0.4 is 16.0 Å². The highest BCUT2D eigenvalue weighted by Crippen LogP contribution is 2.35. The molecule has 3 N–H and O–H groups in total. The molecule has 114 valence electrons. The first kappa shape index (κ1) is 17.4. The Kier molecular flexibility index (Phi) is 6.45. The van der Waals surface area contributed by atoms with Crippen LogP contribution in [0.2, 0.25) is 0 Å². The summed E-state index contributed by atoms with van der Waals surface area (Å²) in [4.78, 5) is 11.2. The molecular weight excluding hydrogens is 297 g/mol. The van der Waals surface area contributed by atoms with Crippen molar-refractivity contribution in [2.24, 2.45) is 5.73 Å². The summed E-state index contributed by atoms with van der Waals surface area (Å²) in [5.41, 5.74) is 7.00. The SMILES string of the molecule is C[C@@H]1CN(c2cc(C3CC(N)C3)ncn2)CCN1.Cl.Cl. The maximum absolute atomic E-state index is 5.84. The Bertz CT molecular complexity index is 425. The lowest BCUT2D eigenvalue weighted by atomic mass is 9.78. The Labute approximate surface area is 132 Å². The van der Waals surface area contributed by atoms with Crippen molar-refractivity contribution in [3.05, 3.63) is 18.1 Å². The van der Waals surface area contributed by atoms with Crippen LogP contribution in [0.1, 0.15) is 31.4 Å². The molecule has 0 bridgehead atoms. The minimum absolute atomic E-state index is 0. The summed E-state index contributed by atoms with van der Waals surface area (Å²) in [5.74, 6) is 1.61. The Morgan fingerprint density at radius 3 is 2.70 bits per heavy atom. The van der Waals surface area contributed by atoms with Crippen molar-refractivity contribution in [2.75, 3.05) is 24.5 Å². The number of nitrogens with two attached hydrogens (primary N) is 1. The predicted octanol–water partition coefficient (Wildman–Crippen LogP) is 1.32. The summed E-state index contributed by atoms with van der Waals surface area (Å²) in [6.07, 6.45) is 3.82. The normalized spacial score (nSPS) is 28.9. The second-order valence-corrected chi connectivity index (χ2v) is 5.53. The summed E-state index contributed by atoms with van der Waals surface area (Å²) in [5, 5.41) is 3.45. The van der Waals surface area contributed by atoms with Gasteiger partial charge in [-0.05, 0) is 19.8 Å². The van der Waals surface area contributed by atoms with Crippen molar-refractivity contribution in [1.29, 1.82) is 0 Å². The summed E-state index contributed by atoms with van der Waals surface area (Å²) < 4.78 is 0. The van der Waals surface area contributed by atoms with Crippen molar-refractivity contribution in [3.63, 3.8) is 0 Å². The van der Waals surface area contributed by atoms with E-state index in [0.717, 1.165) is 44.0 Å². The molecule has 1 aromatic rings. The molecule has 1 atom stereocenters. The number of aromatic nitrogens is 2. The van der Waals surface area contributed by atoms with Gasteiger partial charge in [0, 0.05) is 49.4 Å². The average Bonchev–Trinajstić information content (AvgIpc) is 2.35. The third kappa shape index (κ3) is 3.73. The minimum atomic E-state index is 0. The van der Waals surface area contributed by atoms with E-state index in [9.17, 15) is 0 Å². The van der Waals surface area contributed by atoms with E-state index in [4.69, 9.17) is 5.73 Å². The van der Waals surface area contributed by atoms with E-state index in [2.05, 4.69) is 33.2 Å². The predicted molar refractivity (Wildman–Crippen MR) is 86.2 cm³/mol. The van der Waals surface area contributed by atoms with E-state index in [1.165, 1.54) is 0 Å². The number of hydrogen-bond donors (Lipinski definition) is 2. The number of piperazine rings is 1. The van der Waals surface area contributed by atoms with E-state index < -0.39 is 0 Å². The van der Waals surface area contributed by atoms with Crippen LogP contribution in [-0.2, 0) is 0 Å². The second-order valence-electron chi connectivity index (χ2n) is 5.53. The fourth-order valence-electron chi connectivity index (χ4n) is 2.80. The van der Waals surface area contributed by atoms with Crippen LogP contribution in [0.3, 0.4) is 0 Å². The largest absolute Gasteiger partial charge is 0.354 e. The molecule has 20 heavy (non-hydrogen) atoms. The van der Waals surface area contributed by atoms with Gasteiger partial charge in [0.2, 0.25) is 0 Å². The first-order valence-electron chi connectivity index (χ1n) is 6.78. The molecule has 0 radical (unpaired) electrons. The zero-order chi connectivity index (χ0) is 12.5. The highest BCUT2D eigenvalue weighted by molar-refractivity contribution is 5.85. The van der Waals surface area contributed by atoms with Gasteiger partial charge in [0.1, 0.15) is 12.1 Å². The molecule has 2 aliphatic rings. The molecule has 0 amide bonds. The van der Waals surface area contributed by atoms with E-state index in [1.807, 2.05) is 0 Å². The van der Waals surface area contributed by atoms with Gasteiger partial charge in [-0.1, -0.05) is 0 Å². The number of rotatable bonds is 2. The average molecular weight is 320 g/mol. The quantitative estimate of drug-likeness (QED) is 0.860. The van der Waals surface area contributed by atoms with Gasteiger partial charge in [0.15, 0.2) is 0 Å². The first-order chi connectivity index (χ1) is 8.72. The second kappa shape index (κ2) is 7.41. The number of nitrogens with zero attached hydrogens (tertiary/aromatic N) is 3. The fourth-order valence-corrected chi connectivity index (χ4v) is 2.80. The number of hydrogen-bond acceptors (Lipinski definition) is 5. The van der Waals surface area contributed by atoms with Crippen LogP contribution in [0.15, 0.2) is 12.4 Å². The van der Waals surface area contributed by atoms with Crippen molar-refractivity contribution in [2.45, 2.75) is 37.8 Å². The zero-order valence-corrected chi connectivity index (χ0v) is 13.3. The first-order valence-corrected chi connectivity index (χ1v) is 6.78. The van der Waals surface area contributed by atoms with Gasteiger partial charge in [-0.3, -0.25) is 0 Å². The lowest BCUT2D eigenvalue weighted by molar-refractivity contribution is 0.345. The van der Waals surface area contributed by atoms with Crippen LogP contribution in [0, 0.1) is 0 Å². The number of halogens is 2. The topological polar surface area (TPSA) is 67.1 Å². The standard InChI is InChI=1S/C13H21N5.2ClH/c1-9-7-18(3-2-15-9)13-6-12(16-8-17-13)10-4-11(14)5-10;;/h6,8-11,15H,2-5,7,14H2,1H3;2*1H/t9-,10?,11?;;/m1../s1. The fraction of sp³-hybridized carbons (Fsp3) is 0.692. The zero-order valence-electron chi connectivity index (χ0n) is 11.7. The Morgan fingerprint density at radius 2 is 2.05 bits per heavy atom. The lowest BCUT2D eigenvalue weighted by Crippen LogP contribution is -2.49. The molecule has 1 saturated carbocycles. The molecule has 0 unspecified atom stereocenters. The summed E-state index contributed by atoms with van der Waals surface area (Å²) in [6, 6.07) is 3.04. The van der Waals surface area contributed by atoms with Gasteiger partial charge < -0.3 is 16.0 Å². The monoisotopic (exact) mass is 319 g/mol. The van der Waals surface area contributed by atoms with E-state index in [-0.39, 0.29) is 24.8 Å². The van der Waals surface area contributed by atoms with Crippen LogP contribution >= 0.6 is 24.8 Å².